The number of nitrogens with one attached hydrogen (secondary N) is 2. The van der Waals surface area contributed by atoms with E-state index in [4.69, 9.17) is 11.6 Å². The van der Waals surface area contributed by atoms with Gasteiger partial charge in [0.15, 0.2) is 0 Å². The minimum Gasteiger partial charge on any atom is -0.355 e. The van der Waals surface area contributed by atoms with Crippen molar-refractivity contribution in [1.29, 1.82) is 0 Å². The molecule has 2 amide bonds. The lowest BCUT2D eigenvalue weighted by atomic mass is 10.2. The summed E-state index contributed by atoms with van der Waals surface area (Å²) < 4.78 is 0.0189. The quantitative estimate of drug-likeness (QED) is 0.897. The Labute approximate surface area is 128 Å². The summed E-state index contributed by atoms with van der Waals surface area (Å²) in [5.41, 5.74) is 0.906. The van der Waals surface area contributed by atoms with Crippen LogP contribution in [-0.2, 0) is 4.79 Å². The molecule has 0 unspecified atom stereocenters. The molecule has 110 valence electrons. The van der Waals surface area contributed by atoms with E-state index in [1.165, 1.54) is 0 Å². The van der Waals surface area contributed by atoms with Crippen molar-refractivity contribution in [2.45, 2.75) is 25.5 Å². The molecule has 6 heteroatoms. The van der Waals surface area contributed by atoms with E-state index in [0.717, 1.165) is 0 Å². The number of hydrogen-bond donors (Lipinski definition) is 2. The van der Waals surface area contributed by atoms with Gasteiger partial charge in [0.25, 0.3) is 5.91 Å². The van der Waals surface area contributed by atoms with Crippen molar-refractivity contribution in [3.8, 4) is 0 Å². The number of benzene rings is 1. The second kappa shape index (κ2) is 6.99. The van der Waals surface area contributed by atoms with Gasteiger partial charge in [0.05, 0.1) is 16.5 Å². The molecule has 1 rings (SSSR count). The first kappa shape index (κ1) is 16.9. The molecule has 1 aromatic carbocycles. The lowest BCUT2D eigenvalue weighted by molar-refractivity contribution is -0.113. The average Bonchev–Trinajstić information content (AvgIpc) is 2.37. The van der Waals surface area contributed by atoms with Crippen molar-refractivity contribution >= 4 is 40.9 Å². The minimum atomic E-state index is -0.221. The molecule has 0 bridgehead atoms. The number of thioether (sulfide) groups is 1. The summed E-state index contributed by atoms with van der Waals surface area (Å²) in [5, 5.41) is 5.67. The fourth-order valence-corrected chi connectivity index (χ4v) is 2.18. The highest BCUT2D eigenvalue weighted by Crippen LogP contribution is 2.25. The predicted molar refractivity (Wildman–Crippen MR) is 85.7 cm³/mol. The number of rotatable bonds is 4. The third-order valence-electron chi connectivity index (χ3n) is 2.37. The average molecular weight is 315 g/mol. The van der Waals surface area contributed by atoms with Gasteiger partial charge in [0.2, 0.25) is 5.91 Å². The maximum atomic E-state index is 11.9. The molecular formula is C14H19ClN2O2S. The van der Waals surface area contributed by atoms with Crippen molar-refractivity contribution in [3.05, 3.63) is 28.8 Å². The molecule has 0 atom stereocenters. The Hall–Kier alpha value is -1.20. The Balaban J connectivity index is 2.76. The molecule has 0 radical (unpaired) electrons. The molecule has 0 aromatic heterocycles. The fraction of sp³-hybridized carbons (Fsp3) is 0.429. The molecule has 2 N–H and O–H groups in total. The lowest BCUT2D eigenvalue weighted by Gasteiger charge is -2.17. The number of hydrogen-bond acceptors (Lipinski definition) is 3. The number of halogens is 1. The first-order valence-electron chi connectivity index (χ1n) is 6.18. The molecule has 0 aliphatic heterocycles. The molecule has 0 aliphatic rings. The summed E-state index contributed by atoms with van der Waals surface area (Å²) in [6.07, 6.45) is 0. The van der Waals surface area contributed by atoms with Gasteiger partial charge in [0, 0.05) is 17.4 Å². The normalized spacial score (nSPS) is 11.1. The van der Waals surface area contributed by atoms with Gasteiger partial charge in [-0.1, -0.05) is 32.4 Å². The fourth-order valence-electron chi connectivity index (χ4n) is 1.37. The molecule has 0 saturated heterocycles. The first-order chi connectivity index (χ1) is 9.23. The Kier molecular flexibility index (Phi) is 5.89. The van der Waals surface area contributed by atoms with E-state index in [2.05, 4.69) is 10.6 Å². The molecular weight excluding hydrogens is 296 g/mol. The topological polar surface area (TPSA) is 58.2 Å². The zero-order chi connectivity index (χ0) is 15.3. The van der Waals surface area contributed by atoms with E-state index >= 15 is 0 Å². The van der Waals surface area contributed by atoms with E-state index in [9.17, 15) is 9.59 Å². The van der Waals surface area contributed by atoms with Crippen molar-refractivity contribution in [1.82, 2.24) is 5.32 Å². The number of carbonyl (C=O) groups is 2. The van der Waals surface area contributed by atoms with Crippen LogP contribution in [0.5, 0.6) is 0 Å². The van der Waals surface area contributed by atoms with E-state index < -0.39 is 0 Å². The molecule has 1 aromatic rings. The Morgan fingerprint density at radius 1 is 1.30 bits per heavy atom. The van der Waals surface area contributed by atoms with E-state index in [0.29, 0.717) is 22.0 Å². The van der Waals surface area contributed by atoms with Gasteiger partial charge in [-0.2, -0.15) is 0 Å². The Bertz CT molecular complexity index is 512. The van der Waals surface area contributed by atoms with Gasteiger partial charge in [0.1, 0.15) is 0 Å². The summed E-state index contributed by atoms with van der Waals surface area (Å²) in [6.45, 7) is 6.14. The van der Waals surface area contributed by atoms with Crippen molar-refractivity contribution in [2.24, 2.45) is 0 Å². The van der Waals surface area contributed by atoms with Crippen LogP contribution in [-0.4, -0.2) is 29.4 Å². The molecule has 0 aliphatic carbocycles. The number of carbonyl (C=O) groups excluding carboxylic acids is 2. The maximum Gasteiger partial charge on any atom is 0.251 e. The highest BCUT2D eigenvalue weighted by molar-refractivity contribution is 8.01. The predicted octanol–water partition coefficient (Wildman–Crippen LogP) is 3.17. The summed E-state index contributed by atoms with van der Waals surface area (Å²) in [7, 11) is 1.55. The van der Waals surface area contributed by atoms with E-state index in [-0.39, 0.29) is 16.6 Å². The van der Waals surface area contributed by atoms with Gasteiger partial charge < -0.3 is 10.6 Å². The first-order valence-corrected chi connectivity index (χ1v) is 7.55. The van der Waals surface area contributed by atoms with Crippen LogP contribution in [0.15, 0.2) is 18.2 Å². The van der Waals surface area contributed by atoms with E-state index in [1.807, 2.05) is 20.8 Å². The molecule has 20 heavy (non-hydrogen) atoms. The molecule has 4 nitrogen and oxygen atoms in total. The third kappa shape index (κ3) is 5.43. The monoisotopic (exact) mass is 314 g/mol. The van der Waals surface area contributed by atoms with Crippen LogP contribution in [0.4, 0.5) is 5.69 Å². The number of anilines is 1. The van der Waals surface area contributed by atoms with Crippen molar-refractivity contribution in [3.63, 3.8) is 0 Å². The second-order valence-corrected chi connectivity index (χ2v) is 7.43. The van der Waals surface area contributed by atoms with Gasteiger partial charge in [-0.25, -0.2) is 0 Å². The van der Waals surface area contributed by atoms with Crippen molar-refractivity contribution < 1.29 is 9.59 Å². The van der Waals surface area contributed by atoms with Gasteiger partial charge >= 0.3 is 0 Å². The van der Waals surface area contributed by atoms with Gasteiger partial charge in [-0.05, 0) is 18.2 Å². The summed E-state index contributed by atoms with van der Waals surface area (Å²) in [5.74, 6) is -0.0218. The van der Waals surface area contributed by atoms with Crippen LogP contribution in [0.25, 0.3) is 0 Å². The third-order valence-corrected chi connectivity index (χ3v) is 3.97. The molecule has 0 spiro atoms. The largest absolute Gasteiger partial charge is 0.355 e. The lowest BCUT2D eigenvalue weighted by Crippen LogP contribution is -2.20. The van der Waals surface area contributed by atoms with E-state index in [1.54, 1.807) is 37.0 Å². The summed E-state index contributed by atoms with van der Waals surface area (Å²) in [4.78, 5) is 23.4. The summed E-state index contributed by atoms with van der Waals surface area (Å²) >= 11 is 7.57. The van der Waals surface area contributed by atoms with Crippen LogP contribution in [0, 0.1) is 0 Å². The van der Waals surface area contributed by atoms with Crippen LogP contribution >= 0.6 is 23.4 Å². The minimum absolute atomic E-state index is 0.0189. The van der Waals surface area contributed by atoms with Crippen LogP contribution < -0.4 is 10.6 Å². The van der Waals surface area contributed by atoms with Gasteiger partial charge in [-0.3, -0.25) is 9.59 Å². The van der Waals surface area contributed by atoms with Crippen molar-refractivity contribution in [2.75, 3.05) is 18.1 Å². The standard InChI is InChI=1S/C14H19ClN2O2S/c1-14(2,3)20-8-12(18)17-11-7-9(13(19)16-4)5-6-10(11)15/h5-7H,8H2,1-4H3,(H,16,19)(H,17,18). The maximum absolute atomic E-state index is 11.9. The smallest absolute Gasteiger partial charge is 0.251 e. The molecule has 0 fully saturated rings. The second-order valence-electron chi connectivity index (χ2n) is 5.22. The summed E-state index contributed by atoms with van der Waals surface area (Å²) in [6, 6.07) is 4.78. The molecule has 0 saturated carbocycles. The van der Waals surface area contributed by atoms with Crippen LogP contribution in [0.1, 0.15) is 31.1 Å². The highest BCUT2D eigenvalue weighted by Gasteiger charge is 2.15. The Morgan fingerprint density at radius 2 is 1.95 bits per heavy atom. The zero-order valence-electron chi connectivity index (χ0n) is 12.0. The van der Waals surface area contributed by atoms with Crippen LogP contribution in [0.3, 0.4) is 0 Å². The zero-order valence-corrected chi connectivity index (χ0v) is 13.6. The number of amides is 2. The highest BCUT2D eigenvalue weighted by atomic mass is 35.5. The molecule has 0 heterocycles. The Morgan fingerprint density at radius 3 is 2.50 bits per heavy atom. The van der Waals surface area contributed by atoms with Gasteiger partial charge in [-0.15, -0.1) is 11.8 Å². The SMILES string of the molecule is CNC(=O)c1ccc(Cl)c(NC(=O)CSC(C)(C)C)c1. The van der Waals surface area contributed by atoms with Crippen LogP contribution in [0.2, 0.25) is 5.02 Å².